The average Bonchev–Trinajstić information content (AvgIpc) is 3.33. The third-order valence-corrected chi connectivity index (χ3v) is 7.73. The number of halogens is 3. The maximum absolute atomic E-state index is 13.7. The van der Waals surface area contributed by atoms with E-state index in [0.717, 1.165) is 5.01 Å². The monoisotopic (exact) mass is 522 g/mol. The third-order valence-electron chi connectivity index (χ3n) is 6.89. The van der Waals surface area contributed by atoms with Crippen molar-refractivity contribution in [2.75, 3.05) is 11.4 Å². The van der Waals surface area contributed by atoms with Crippen LogP contribution in [-0.2, 0) is 27.2 Å². The Morgan fingerprint density at radius 2 is 1.97 bits per heavy atom. The number of carbonyl (C=O) groups is 4. The van der Waals surface area contributed by atoms with Gasteiger partial charge in [0, 0.05) is 35.7 Å². The summed E-state index contributed by atoms with van der Waals surface area (Å²) in [6.45, 7) is 0.717. The van der Waals surface area contributed by atoms with Crippen LogP contribution in [0, 0.1) is 5.41 Å². The van der Waals surface area contributed by atoms with Crippen LogP contribution in [0.5, 0.6) is 0 Å². The van der Waals surface area contributed by atoms with Gasteiger partial charge in [-0.25, -0.2) is 9.78 Å². The number of hydrogen-bond donors (Lipinski definition) is 2. The molecule has 3 atom stereocenters. The standard InChI is InChI=1S/C23H21F3N4O5S/c1-11-18-22(19(32)28-21(34)29-20(22)33)9-13-8-12(15(31)4-5-17-27-6-7-36-17)2-3-14(13)30(18)10-16(35-11)23(24,25)26/h2-3,6-8,11,16,18H,4-5,9-10H2,1H3,(H2,28,29,32,33,34)/t11-,16-,18+/m0/s1. The highest BCUT2D eigenvalue weighted by molar-refractivity contribution is 7.09. The zero-order valence-corrected chi connectivity index (χ0v) is 19.7. The molecule has 9 nitrogen and oxygen atoms in total. The number of nitrogens with zero attached hydrogens (tertiary/aromatic N) is 2. The predicted molar refractivity (Wildman–Crippen MR) is 121 cm³/mol. The number of alkyl halides is 3. The van der Waals surface area contributed by atoms with Crippen LogP contribution in [0.2, 0.25) is 0 Å². The number of Topliss-reactive ketones (excluding diaryl/α,β-unsaturated/α-hetero) is 1. The number of carbonyl (C=O) groups excluding carboxylic acids is 4. The van der Waals surface area contributed by atoms with Crippen LogP contribution in [0.25, 0.3) is 0 Å². The van der Waals surface area contributed by atoms with E-state index in [0.29, 0.717) is 23.2 Å². The molecule has 1 aromatic carbocycles. The molecule has 0 aliphatic carbocycles. The van der Waals surface area contributed by atoms with E-state index in [1.807, 2.05) is 0 Å². The van der Waals surface area contributed by atoms with E-state index in [-0.39, 0.29) is 18.6 Å². The van der Waals surface area contributed by atoms with Crippen molar-refractivity contribution in [3.05, 3.63) is 45.9 Å². The first kappa shape index (κ1) is 24.4. The van der Waals surface area contributed by atoms with Crippen molar-refractivity contribution in [1.82, 2.24) is 15.6 Å². The third kappa shape index (κ3) is 3.95. The number of amides is 4. The number of morpholine rings is 1. The quantitative estimate of drug-likeness (QED) is 0.468. The molecule has 0 saturated carbocycles. The van der Waals surface area contributed by atoms with Gasteiger partial charge in [0.25, 0.3) is 0 Å². The maximum atomic E-state index is 13.7. The highest BCUT2D eigenvalue weighted by atomic mass is 32.1. The summed E-state index contributed by atoms with van der Waals surface area (Å²) in [6, 6.07) is 2.48. The van der Waals surface area contributed by atoms with Crippen molar-refractivity contribution in [3.8, 4) is 0 Å². The first-order valence-electron chi connectivity index (χ1n) is 11.2. The number of aryl methyl sites for hydroxylation is 1. The fourth-order valence-electron chi connectivity index (χ4n) is 5.34. The number of nitrogens with one attached hydrogen (secondary N) is 2. The molecule has 2 N–H and O–H groups in total. The summed E-state index contributed by atoms with van der Waals surface area (Å²) < 4.78 is 46.2. The number of rotatable bonds is 4. The van der Waals surface area contributed by atoms with Gasteiger partial charge < -0.3 is 9.64 Å². The van der Waals surface area contributed by atoms with Crippen LogP contribution < -0.4 is 15.5 Å². The highest BCUT2D eigenvalue weighted by Crippen LogP contribution is 2.48. The molecule has 2 fully saturated rings. The molecule has 0 bridgehead atoms. The van der Waals surface area contributed by atoms with Crippen molar-refractivity contribution in [1.29, 1.82) is 0 Å². The Balaban J connectivity index is 1.55. The van der Waals surface area contributed by atoms with Gasteiger partial charge in [-0.1, -0.05) is 0 Å². The molecule has 3 aliphatic heterocycles. The minimum atomic E-state index is -4.68. The lowest BCUT2D eigenvalue weighted by molar-refractivity contribution is -0.242. The zero-order chi connectivity index (χ0) is 25.8. The van der Waals surface area contributed by atoms with E-state index in [9.17, 15) is 32.3 Å². The zero-order valence-electron chi connectivity index (χ0n) is 18.9. The van der Waals surface area contributed by atoms with Crippen molar-refractivity contribution in [2.24, 2.45) is 5.41 Å². The van der Waals surface area contributed by atoms with E-state index in [4.69, 9.17) is 4.74 Å². The molecular formula is C23H21F3N4O5S. The first-order chi connectivity index (χ1) is 17.0. The van der Waals surface area contributed by atoms with Gasteiger partial charge in [-0.3, -0.25) is 25.0 Å². The SMILES string of the molecule is C[C@@H]1O[C@H](C(F)(F)F)CN2c3ccc(C(=O)CCc4nccs4)cc3CC3(C(=O)NC(=O)NC3=O)[C@@H]12. The number of hydrogen-bond acceptors (Lipinski definition) is 8. The minimum Gasteiger partial charge on any atom is -0.362 e. The molecule has 0 unspecified atom stereocenters. The van der Waals surface area contributed by atoms with E-state index in [1.54, 1.807) is 17.6 Å². The molecule has 2 saturated heterocycles. The van der Waals surface area contributed by atoms with Crippen LogP contribution in [0.4, 0.5) is 23.7 Å². The van der Waals surface area contributed by atoms with Crippen molar-refractivity contribution in [2.45, 2.75) is 50.6 Å². The minimum absolute atomic E-state index is 0.167. The average molecular weight is 523 g/mol. The van der Waals surface area contributed by atoms with Gasteiger partial charge in [-0.15, -0.1) is 11.3 Å². The number of anilines is 1. The van der Waals surface area contributed by atoms with E-state index < -0.39 is 54.2 Å². The summed E-state index contributed by atoms with van der Waals surface area (Å²) in [6.07, 6.45) is -5.98. The molecule has 3 aliphatic rings. The van der Waals surface area contributed by atoms with E-state index in [1.165, 1.54) is 35.3 Å². The summed E-state index contributed by atoms with van der Waals surface area (Å²) in [5.41, 5.74) is -0.885. The van der Waals surface area contributed by atoms with Crippen molar-refractivity contribution in [3.63, 3.8) is 0 Å². The number of thiazole rings is 1. The number of benzene rings is 1. The fourth-order valence-corrected chi connectivity index (χ4v) is 5.96. The second-order valence-corrected chi connectivity index (χ2v) is 10.0. The predicted octanol–water partition coefficient (Wildman–Crippen LogP) is 2.39. The topological polar surface area (TPSA) is 118 Å². The van der Waals surface area contributed by atoms with Gasteiger partial charge in [0.2, 0.25) is 11.8 Å². The number of fused-ring (bicyclic) bond motifs is 4. The normalized spacial score (nSPS) is 25.2. The molecule has 0 radical (unpaired) electrons. The van der Waals surface area contributed by atoms with E-state index in [2.05, 4.69) is 15.6 Å². The number of urea groups is 1. The second-order valence-electron chi connectivity index (χ2n) is 9.05. The summed E-state index contributed by atoms with van der Waals surface area (Å²) in [7, 11) is 0. The summed E-state index contributed by atoms with van der Waals surface area (Å²) in [5, 5.41) is 6.76. The molecule has 190 valence electrons. The molecule has 2 aromatic rings. The first-order valence-corrected chi connectivity index (χ1v) is 12.1. The number of barbiturate groups is 1. The molecule has 5 rings (SSSR count). The molecule has 4 amide bonds. The highest BCUT2D eigenvalue weighted by Gasteiger charge is 2.64. The summed E-state index contributed by atoms with van der Waals surface area (Å²) in [5.74, 6) is -2.04. The molecule has 36 heavy (non-hydrogen) atoms. The van der Waals surface area contributed by atoms with Crippen LogP contribution in [0.1, 0.15) is 34.3 Å². The Morgan fingerprint density at radius 3 is 2.61 bits per heavy atom. The Kier molecular flexibility index (Phi) is 5.86. The molecule has 4 heterocycles. The largest absolute Gasteiger partial charge is 0.416 e. The number of ether oxygens (including phenoxy) is 1. The van der Waals surface area contributed by atoms with E-state index >= 15 is 0 Å². The van der Waals surface area contributed by atoms with Crippen LogP contribution in [0.3, 0.4) is 0 Å². The lowest BCUT2D eigenvalue weighted by atomic mass is 9.66. The van der Waals surface area contributed by atoms with Gasteiger partial charge in [0.1, 0.15) is 0 Å². The number of ketones is 1. The van der Waals surface area contributed by atoms with Crippen molar-refractivity contribution >= 4 is 40.7 Å². The number of imide groups is 2. The van der Waals surface area contributed by atoms with Gasteiger partial charge >= 0.3 is 12.2 Å². The second kappa shape index (κ2) is 8.66. The van der Waals surface area contributed by atoms with Gasteiger partial charge in [-0.2, -0.15) is 13.2 Å². The van der Waals surface area contributed by atoms with Gasteiger partial charge in [0.15, 0.2) is 17.3 Å². The lowest BCUT2D eigenvalue weighted by Crippen LogP contribution is -2.76. The fraction of sp³-hybridized carbons (Fsp3) is 0.435. The summed E-state index contributed by atoms with van der Waals surface area (Å²) >= 11 is 1.42. The van der Waals surface area contributed by atoms with Gasteiger partial charge in [0.05, 0.1) is 23.7 Å². The summed E-state index contributed by atoms with van der Waals surface area (Å²) in [4.78, 5) is 56.5. The Bertz CT molecular complexity index is 1230. The van der Waals surface area contributed by atoms with Crippen LogP contribution in [0.15, 0.2) is 29.8 Å². The Labute approximate surface area is 207 Å². The molecule has 13 heteroatoms. The Morgan fingerprint density at radius 1 is 1.25 bits per heavy atom. The Hall–Kier alpha value is -3.32. The van der Waals surface area contributed by atoms with Crippen LogP contribution in [-0.4, -0.2) is 59.6 Å². The van der Waals surface area contributed by atoms with Gasteiger partial charge in [-0.05, 0) is 37.1 Å². The van der Waals surface area contributed by atoms with Crippen molar-refractivity contribution < 1.29 is 37.1 Å². The molecular weight excluding hydrogens is 501 g/mol. The maximum Gasteiger partial charge on any atom is 0.416 e. The van der Waals surface area contributed by atoms with Crippen LogP contribution >= 0.6 is 11.3 Å². The molecule has 1 spiro atoms. The lowest BCUT2D eigenvalue weighted by Gasteiger charge is -2.55. The number of aromatic nitrogens is 1. The molecule has 1 aromatic heterocycles. The smallest absolute Gasteiger partial charge is 0.362 e.